The number of nitrogens with two attached hydrogens (primary N) is 1. The van der Waals surface area contributed by atoms with E-state index >= 15 is 0 Å². The van der Waals surface area contributed by atoms with E-state index in [1.165, 1.54) is 25.5 Å². The van der Waals surface area contributed by atoms with Crippen molar-refractivity contribution in [2.75, 3.05) is 19.4 Å². The fourth-order valence-electron chi connectivity index (χ4n) is 5.43. The third-order valence-electron chi connectivity index (χ3n) is 7.29. The summed E-state index contributed by atoms with van der Waals surface area (Å²) in [6, 6.07) is 20.8. The van der Waals surface area contributed by atoms with Crippen LogP contribution in [0.15, 0.2) is 60.7 Å². The van der Waals surface area contributed by atoms with Crippen LogP contribution in [0, 0.1) is 0 Å². The van der Waals surface area contributed by atoms with E-state index in [-0.39, 0.29) is 11.9 Å². The number of nitrogen functional groups attached to an aromatic ring is 1. The summed E-state index contributed by atoms with van der Waals surface area (Å²) < 4.78 is 4.95. The number of rotatable bonds is 8. The molecule has 1 unspecified atom stereocenters. The van der Waals surface area contributed by atoms with E-state index in [4.69, 9.17) is 10.5 Å². The van der Waals surface area contributed by atoms with Crippen molar-refractivity contribution in [3.8, 4) is 0 Å². The number of carbonyl (C=O) groups is 1. The Morgan fingerprint density at radius 2 is 1.89 bits per heavy atom. The zero-order valence-corrected chi connectivity index (χ0v) is 20.5. The van der Waals surface area contributed by atoms with Crippen LogP contribution in [0.1, 0.15) is 71.0 Å². The number of H-pyrrole nitrogens is 1. The number of hydrogen-bond acceptors (Lipinski definition) is 7. The van der Waals surface area contributed by atoms with Gasteiger partial charge in [-0.15, -0.1) is 5.10 Å². The predicted molar refractivity (Wildman–Crippen MR) is 140 cm³/mol. The molecule has 0 bridgehead atoms. The first kappa shape index (κ1) is 23.9. The third-order valence-corrected chi connectivity index (χ3v) is 7.29. The molecule has 1 aliphatic carbocycles. The number of ether oxygens (including phenoxy) is 1. The number of carbonyl (C=O) groups excluding carboxylic acids is 1. The highest BCUT2D eigenvalue weighted by Gasteiger charge is 2.24. The Bertz CT molecular complexity index is 1310. The van der Waals surface area contributed by atoms with Gasteiger partial charge in [-0.3, -0.25) is 0 Å². The summed E-state index contributed by atoms with van der Waals surface area (Å²) in [7, 11) is 1.39. The Kier molecular flexibility index (Phi) is 7.23. The van der Waals surface area contributed by atoms with E-state index in [1.807, 2.05) is 24.3 Å². The second-order valence-electron chi connectivity index (χ2n) is 9.50. The Morgan fingerprint density at radius 1 is 1.08 bits per heavy atom. The molecule has 2 heterocycles. The normalized spacial score (nSPS) is 18.7. The molecule has 36 heavy (non-hydrogen) atoms. The molecule has 1 saturated carbocycles. The fourth-order valence-corrected chi connectivity index (χ4v) is 5.43. The lowest BCUT2D eigenvalue weighted by Crippen LogP contribution is -2.34. The number of aromatic amines is 1. The minimum atomic E-state index is -0.357. The standard InChI is InChI=1S/C28H32N6O2/c1-36-28(35)21-9-5-8-20(16-21)23(24-17-25(29)31-27-26(24)32-34-33-27)14-15-30-22-12-10-19(11-13-22)18-6-3-2-4-7-18/h2-9,16-17,19,22-23,30H,10-15H2,1H3,(H3,29,31,32,33,34). The molecule has 0 saturated heterocycles. The van der Waals surface area contributed by atoms with Crippen molar-refractivity contribution >= 4 is 23.0 Å². The van der Waals surface area contributed by atoms with Crippen LogP contribution < -0.4 is 11.1 Å². The molecule has 186 valence electrons. The summed E-state index contributed by atoms with van der Waals surface area (Å²) in [5.41, 5.74) is 11.2. The first-order valence-electron chi connectivity index (χ1n) is 12.6. The van der Waals surface area contributed by atoms with Gasteiger partial charge in [0.1, 0.15) is 11.3 Å². The monoisotopic (exact) mass is 484 g/mol. The van der Waals surface area contributed by atoms with Gasteiger partial charge < -0.3 is 15.8 Å². The molecule has 1 atom stereocenters. The van der Waals surface area contributed by atoms with E-state index in [9.17, 15) is 4.79 Å². The lowest BCUT2D eigenvalue weighted by atomic mass is 9.81. The van der Waals surface area contributed by atoms with Gasteiger partial charge in [-0.1, -0.05) is 42.5 Å². The molecule has 4 N–H and O–H groups in total. The van der Waals surface area contributed by atoms with Gasteiger partial charge in [0.2, 0.25) is 5.65 Å². The Hall–Kier alpha value is -3.78. The quantitative estimate of drug-likeness (QED) is 0.314. The number of benzene rings is 2. The summed E-state index contributed by atoms with van der Waals surface area (Å²) in [5, 5.41) is 14.9. The molecule has 0 amide bonds. The van der Waals surface area contributed by atoms with Gasteiger partial charge in [-0.05, 0) is 79.5 Å². The number of aromatic nitrogens is 4. The first-order chi connectivity index (χ1) is 17.6. The summed E-state index contributed by atoms with van der Waals surface area (Å²) >= 11 is 0. The lowest BCUT2D eigenvalue weighted by Gasteiger charge is -2.30. The van der Waals surface area contributed by atoms with Gasteiger partial charge >= 0.3 is 5.97 Å². The number of pyridine rings is 1. The van der Waals surface area contributed by atoms with E-state index in [2.05, 4.69) is 56.0 Å². The molecule has 8 heteroatoms. The van der Waals surface area contributed by atoms with Crippen molar-refractivity contribution in [2.45, 2.75) is 50.0 Å². The SMILES string of the molecule is COC(=O)c1cccc(C(CCNC2CCC(c3ccccc3)CC2)c2cc(N)nc3n[nH]nc23)c1. The van der Waals surface area contributed by atoms with Crippen LogP contribution in [-0.2, 0) is 4.74 Å². The molecule has 8 nitrogen and oxygen atoms in total. The molecule has 1 fully saturated rings. The summed E-state index contributed by atoms with van der Waals surface area (Å²) in [6.07, 6.45) is 5.55. The average molecular weight is 485 g/mol. The highest BCUT2D eigenvalue weighted by atomic mass is 16.5. The number of anilines is 1. The number of nitrogens with zero attached hydrogens (tertiary/aromatic N) is 3. The highest BCUT2D eigenvalue weighted by Crippen LogP contribution is 2.35. The van der Waals surface area contributed by atoms with E-state index < -0.39 is 0 Å². The fraction of sp³-hybridized carbons (Fsp3) is 0.357. The van der Waals surface area contributed by atoms with Crippen molar-refractivity contribution in [1.29, 1.82) is 0 Å². The second-order valence-corrected chi connectivity index (χ2v) is 9.50. The minimum Gasteiger partial charge on any atom is -0.465 e. The molecule has 4 aromatic rings. The van der Waals surface area contributed by atoms with Crippen molar-refractivity contribution in [3.05, 3.63) is 82.9 Å². The maximum Gasteiger partial charge on any atom is 0.337 e. The second kappa shape index (κ2) is 10.9. The average Bonchev–Trinajstić information content (AvgIpc) is 3.40. The summed E-state index contributed by atoms with van der Waals surface area (Å²) in [4.78, 5) is 16.5. The zero-order chi connectivity index (χ0) is 24.9. The van der Waals surface area contributed by atoms with E-state index in [0.29, 0.717) is 34.5 Å². The van der Waals surface area contributed by atoms with Crippen LogP contribution >= 0.6 is 0 Å². The number of esters is 1. The lowest BCUT2D eigenvalue weighted by molar-refractivity contribution is 0.0600. The van der Waals surface area contributed by atoms with Crippen LogP contribution in [0.4, 0.5) is 5.82 Å². The van der Waals surface area contributed by atoms with E-state index in [1.54, 1.807) is 6.07 Å². The van der Waals surface area contributed by atoms with Crippen LogP contribution in [0.3, 0.4) is 0 Å². The van der Waals surface area contributed by atoms with Gasteiger partial charge in [0.15, 0.2) is 0 Å². The molecule has 1 aliphatic rings. The van der Waals surface area contributed by atoms with Crippen LogP contribution in [0.5, 0.6) is 0 Å². The van der Waals surface area contributed by atoms with Gasteiger partial charge in [0.25, 0.3) is 0 Å². The topological polar surface area (TPSA) is 119 Å². The molecule has 2 aromatic carbocycles. The van der Waals surface area contributed by atoms with Crippen LogP contribution in [0.2, 0.25) is 0 Å². The molecular formula is C28H32N6O2. The van der Waals surface area contributed by atoms with Crippen molar-refractivity contribution in [1.82, 2.24) is 25.7 Å². The molecule has 2 aromatic heterocycles. The smallest absolute Gasteiger partial charge is 0.337 e. The molecule has 0 spiro atoms. The maximum atomic E-state index is 12.2. The Labute approximate surface area is 210 Å². The Balaban J connectivity index is 1.32. The van der Waals surface area contributed by atoms with Crippen LogP contribution in [-0.4, -0.2) is 46.1 Å². The summed E-state index contributed by atoms with van der Waals surface area (Å²) in [5.74, 6) is 0.649. The van der Waals surface area contributed by atoms with Crippen molar-refractivity contribution < 1.29 is 9.53 Å². The number of hydrogen-bond donors (Lipinski definition) is 3. The molecule has 0 aliphatic heterocycles. The number of fused-ring (bicyclic) bond motifs is 1. The third kappa shape index (κ3) is 5.23. The van der Waals surface area contributed by atoms with Gasteiger partial charge in [0.05, 0.1) is 12.7 Å². The molecule has 5 rings (SSSR count). The zero-order valence-electron chi connectivity index (χ0n) is 20.5. The largest absolute Gasteiger partial charge is 0.465 e. The van der Waals surface area contributed by atoms with Gasteiger partial charge in [-0.25, -0.2) is 9.78 Å². The number of nitrogens with one attached hydrogen (secondary N) is 2. The highest BCUT2D eigenvalue weighted by molar-refractivity contribution is 5.89. The summed E-state index contributed by atoms with van der Waals surface area (Å²) in [6.45, 7) is 0.829. The molecule has 0 radical (unpaired) electrons. The van der Waals surface area contributed by atoms with E-state index in [0.717, 1.165) is 36.9 Å². The number of methoxy groups -OCH3 is 1. The maximum absolute atomic E-state index is 12.2. The first-order valence-corrected chi connectivity index (χ1v) is 12.6. The molecular weight excluding hydrogens is 452 g/mol. The van der Waals surface area contributed by atoms with Gasteiger partial charge in [0, 0.05) is 12.0 Å². The Morgan fingerprint density at radius 3 is 2.67 bits per heavy atom. The van der Waals surface area contributed by atoms with Crippen LogP contribution in [0.25, 0.3) is 11.2 Å². The van der Waals surface area contributed by atoms with Crippen molar-refractivity contribution in [3.63, 3.8) is 0 Å². The van der Waals surface area contributed by atoms with Crippen molar-refractivity contribution in [2.24, 2.45) is 0 Å². The van der Waals surface area contributed by atoms with Gasteiger partial charge in [-0.2, -0.15) is 10.3 Å². The minimum absolute atomic E-state index is 0.0411. The predicted octanol–water partition coefficient (Wildman–Crippen LogP) is 4.56.